The summed E-state index contributed by atoms with van der Waals surface area (Å²) in [6.07, 6.45) is 6.07. The standard InChI is InChI=1S/C25H27N3O2/c29-25(28-22-8-6-20(7-9-22)21-10-14-26-15-11-21)24(18-19-4-2-1-3-5-19)27-23-12-16-30-17-13-23/h1-11,14-15,23-24,27H,12-13,16-18H2,(H,28,29)/t24-/m1/s1. The lowest BCUT2D eigenvalue weighted by Gasteiger charge is -2.28. The zero-order valence-corrected chi connectivity index (χ0v) is 17.0. The Morgan fingerprint density at radius 1 is 0.933 bits per heavy atom. The third-order valence-electron chi connectivity index (χ3n) is 5.42. The van der Waals surface area contributed by atoms with Crippen molar-refractivity contribution in [2.45, 2.75) is 31.3 Å². The number of nitrogens with one attached hydrogen (secondary N) is 2. The summed E-state index contributed by atoms with van der Waals surface area (Å²) < 4.78 is 5.46. The average Bonchev–Trinajstić information content (AvgIpc) is 2.81. The van der Waals surface area contributed by atoms with Crippen LogP contribution in [0.25, 0.3) is 11.1 Å². The average molecular weight is 402 g/mol. The Kier molecular flexibility index (Phi) is 6.85. The van der Waals surface area contributed by atoms with Crippen LogP contribution in [0.15, 0.2) is 79.1 Å². The Morgan fingerprint density at radius 3 is 2.30 bits per heavy atom. The molecule has 3 aromatic rings. The topological polar surface area (TPSA) is 63.2 Å². The van der Waals surface area contributed by atoms with E-state index in [-0.39, 0.29) is 11.9 Å². The first kappa shape index (κ1) is 20.3. The molecule has 0 saturated carbocycles. The van der Waals surface area contributed by atoms with Crippen LogP contribution in [-0.2, 0) is 16.0 Å². The molecule has 0 bridgehead atoms. The predicted molar refractivity (Wildman–Crippen MR) is 119 cm³/mol. The van der Waals surface area contributed by atoms with E-state index in [0.717, 1.165) is 48.4 Å². The second kappa shape index (κ2) is 10.1. The van der Waals surface area contributed by atoms with Crippen LogP contribution in [0.5, 0.6) is 0 Å². The number of rotatable bonds is 7. The summed E-state index contributed by atoms with van der Waals surface area (Å²) in [4.78, 5) is 17.2. The molecule has 2 aromatic carbocycles. The molecular formula is C25H27N3O2. The van der Waals surface area contributed by atoms with E-state index in [2.05, 4.69) is 27.8 Å². The normalized spacial score (nSPS) is 15.5. The van der Waals surface area contributed by atoms with Gasteiger partial charge in [-0.05, 0) is 60.2 Å². The van der Waals surface area contributed by atoms with Crippen molar-refractivity contribution in [1.29, 1.82) is 0 Å². The van der Waals surface area contributed by atoms with E-state index >= 15 is 0 Å². The van der Waals surface area contributed by atoms with Gasteiger partial charge in [0.05, 0.1) is 6.04 Å². The highest BCUT2D eigenvalue weighted by Gasteiger charge is 2.24. The van der Waals surface area contributed by atoms with Gasteiger partial charge < -0.3 is 15.4 Å². The van der Waals surface area contributed by atoms with Gasteiger partial charge in [-0.2, -0.15) is 0 Å². The first-order valence-electron chi connectivity index (χ1n) is 10.5. The van der Waals surface area contributed by atoms with Crippen LogP contribution in [0, 0.1) is 0 Å². The molecular weight excluding hydrogens is 374 g/mol. The molecule has 0 radical (unpaired) electrons. The molecule has 0 aliphatic carbocycles. The smallest absolute Gasteiger partial charge is 0.241 e. The second-order valence-corrected chi connectivity index (χ2v) is 7.60. The monoisotopic (exact) mass is 401 g/mol. The van der Waals surface area contributed by atoms with Crippen LogP contribution in [0.2, 0.25) is 0 Å². The molecule has 1 aliphatic rings. The first-order chi connectivity index (χ1) is 14.8. The maximum Gasteiger partial charge on any atom is 0.241 e. The van der Waals surface area contributed by atoms with Gasteiger partial charge in [-0.25, -0.2) is 0 Å². The Hall–Kier alpha value is -3.02. The minimum atomic E-state index is -0.296. The molecule has 0 unspecified atom stereocenters. The van der Waals surface area contributed by atoms with Crippen molar-refractivity contribution in [3.63, 3.8) is 0 Å². The molecule has 30 heavy (non-hydrogen) atoms. The molecule has 0 spiro atoms. The zero-order valence-electron chi connectivity index (χ0n) is 17.0. The quantitative estimate of drug-likeness (QED) is 0.627. The van der Waals surface area contributed by atoms with Gasteiger partial charge in [-0.3, -0.25) is 9.78 Å². The predicted octanol–water partition coefficient (Wildman–Crippen LogP) is 4.07. The van der Waals surface area contributed by atoms with Gasteiger partial charge in [0, 0.05) is 37.3 Å². The molecule has 1 aliphatic heterocycles. The fourth-order valence-electron chi connectivity index (χ4n) is 3.75. The van der Waals surface area contributed by atoms with Gasteiger partial charge in [0.2, 0.25) is 5.91 Å². The number of pyridine rings is 1. The maximum atomic E-state index is 13.1. The Balaban J connectivity index is 1.45. The fraction of sp³-hybridized carbons (Fsp3) is 0.280. The SMILES string of the molecule is O=C(Nc1ccc(-c2ccncc2)cc1)[C@@H](Cc1ccccc1)NC1CCOCC1. The number of benzene rings is 2. The van der Waals surface area contributed by atoms with Gasteiger partial charge >= 0.3 is 0 Å². The molecule has 1 amide bonds. The lowest BCUT2D eigenvalue weighted by molar-refractivity contribution is -0.118. The van der Waals surface area contributed by atoms with E-state index in [0.29, 0.717) is 12.5 Å². The van der Waals surface area contributed by atoms with Crippen molar-refractivity contribution in [2.24, 2.45) is 0 Å². The molecule has 1 saturated heterocycles. The van der Waals surface area contributed by atoms with E-state index in [9.17, 15) is 4.79 Å². The molecule has 1 atom stereocenters. The van der Waals surface area contributed by atoms with Crippen molar-refractivity contribution in [2.75, 3.05) is 18.5 Å². The van der Waals surface area contributed by atoms with Gasteiger partial charge in [0.15, 0.2) is 0 Å². The van der Waals surface area contributed by atoms with E-state index in [1.807, 2.05) is 54.6 Å². The van der Waals surface area contributed by atoms with E-state index in [1.54, 1.807) is 12.4 Å². The molecule has 2 N–H and O–H groups in total. The van der Waals surface area contributed by atoms with Crippen molar-refractivity contribution in [3.8, 4) is 11.1 Å². The van der Waals surface area contributed by atoms with Gasteiger partial charge in [-0.1, -0.05) is 42.5 Å². The summed E-state index contributed by atoms with van der Waals surface area (Å²) in [5, 5.41) is 6.65. The Labute approximate surface area is 177 Å². The molecule has 1 aromatic heterocycles. The number of carbonyl (C=O) groups excluding carboxylic acids is 1. The molecule has 154 valence electrons. The third-order valence-corrected chi connectivity index (χ3v) is 5.42. The molecule has 2 heterocycles. The number of hydrogen-bond acceptors (Lipinski definition) is 4. The third kappa shape index (κ3) is 5.53. The van der Waals surface area contributed by atoms with Crippen LogP contribution in [-0.4, -0.2) is 36.2 Å². The number of anilines is 1. The van der Waals surface area contributed by atoms with Crippen LogP contribution < -0.4 is 10.6 Å². The highest BCUT2D eigenvalue weighted by atomic mass is 16.5. The largest absolute Gasteiger partial charge is 0.381 e. The van der Waals surface area contributed by atoms with E-state index in [4.69, 9.17) is 4.74 Å². The number of aromatic nitrogens is 1. The number of carbonyl (C=O) groups is 1. The summed E-state index contributed by atoms with van der Waals surface area (Å²) >= 11 is 0. The highest BCUT2D eigenvalue weighted by Crippen LogP contribution is 2.21. The summed E-state index contributed by atoms with van der Waals surface area (Å²) in [5.74, 6) is -0.0120. The van der Waals surface area contributed by atoms with Crippen molar-refractivity contribution >= 4 is 11.6 Å². The molecule has 4 rings (SSSR count). The second-order valence-electron chi connectivity index (χ2n) is 7.60. The van der Waals surface area contributed by atoms with Crippen LogP contribution in [0.1, 0.15) is 18.4 Å². The lowest BCUT2D eigenvalue weighted by atomic mass is 10.0. The zero-order chi connectivity index (χ0) is 20.6. The summed E-state index contributed by atoms with van der Waals surface area (Å²) in [5.41, 5.74) is 4.14. The van der Waals surface area contributed by atoms with Gasteiger partial charge in [-0.15, -0.1) is 0 Å². The number of nitrogens with zero attached hydrogens (tertiary/aromatic N) is 1. The Morgan fingerprint density at radius 2 is 1.60 bits per heavy atom. The molecule has 5 nitrogen and oxygen atoms in total. The number of hydrogen-bond donors (Lipinski definition) is 2. The van der Waals surface area contributed by atoms with Gasteiger partial charge in [0.1, 0.15) is 0 Å². The fourth-order valence-corrected chi connectivity index (χ4v) is 3.75. The number of amides is 1. The van der Waals surface area contributed by atoms with E-state index < -0.39 is 0 Å². The molecule has 5 heteroatoms. The summed E-state index contributed by atoms with van der Waals surface area (Å²) in [6, 6.07) is 22.0. The van der Waals surface area contributed by atoms with Crippen molar-refractivity contribution in [3.05, 3.63) is 84.7 Å². The minimum Gasteiger partial charge on any atom is -0.381 e. The molecule has 1 fully saturated rings. The van der Waals surface area contributed by atoms with E-state index in [1.165, 1.54) is 0 Å². The maximum absolute atomic E-state index is 13.1. The number of ether oxygens (including phenoxy) is 1. The van der Waals surface area contributed by atoms with Crippen LogP contribution in [0.3, 0.4) is 0 Å². The van der Waals surface area contributed by atoms with Crippen molar-refractivity contribution < 1.29 is 9.53 Å². The first-order valence-corrected chi connectivity index (χ1v) is 10.5. The van der Waals surface area contributed by atoms with Crippen LogP contribution in [0.4, 0.5) is 5.69 Å². The van der Waals surface area contributed by atoms with Crippen molar-refractivity contribution in [1.82, 2.24) is 10.3 Å². The lowest BCUT2D eigenvalue weighted by Crippen LogP contribution is -2.48. The highest BCUT2D eigenvalue weighted by molar-refractivity contribution is 5.95. The minimum absolute atomic E-state index is 0.0120. The summed E-state index contributed by atoms with van der Waals surface area (Å²) in [6.45, 7) is 1.49. The summed E-state index contributed by atoms with van der Waals surface area (Å²) in [7, 11) is 0. The Bertz CT molecular complexity index is 924. The van der Waals surface area contributed by atoms with Gasteiger partial charge in [0.25, 0.3) is 0 Å². The van der Waals surface area contributed by atoms with Crippen LogP contribution >= 0.6 is 0 Å².